The summed E-state index contributed by atoms with van der Waals surface area (Å²) >= 11 is 0. The number of fused-ring (bicyclic) bond motifs is 1. The second-order valence-electron chi connectivity index (χ2n) is 5.37. The van der Waals surface area contributed by atoms with Crippen LogP contribution in [-0.4, -0.2) is 28.0 Å². The van der Waals surface area contributed by atoms with Crippen molar-refractivity contribution in [2.45, 2.75) is 19.5 Å². The van der Waals surface area contributed by atoms with Gasteiger partial charge in [-0.15, -0.1) is 0 Å². The van der Waals surface area contributed by atoms with Crippen LogP contribution in [0.5, 0.6) is 0 Å². The highest BCUT2D eigenvalue weighted by atomic mass is 16.2. The van der Waals surface area contributed by atoms with Crippen molar-refractivity contribution in [2.75, 3.05) is 11.9 Å². The van der Waals surface area contributed by atoms with E-state index in [2.05, 4.69) is 9.88 Å². The second kappa shape index (κ2) is 5.55. The second-order valence-corrected chi connectivity index (χ2v) is 5.37. The largest absolute Gasteiger partial charge is 0.351 e. The summed E-state index contributed by atoms with van der Waals surface area (Å²) < 4.78 is 2.17. The number of hydrogen-bond acceptors (Lipinski definition) is 2. The number of nitrogens with one attached hydrogen (secondary N) is 1. The monoisotopic (exact) mass is 298 g/mol. The summed E-state index contributed by atoms with van der Waals surface area (Å²) in [4.78, 5) is 25.3. The first-order valence-electron chi connectivity index (χ1n) is 7.19. The Morgan fingerprint density at radius 1 is 1.18 bits per heavy atom. The van der Waals surface area contributed by atoms with Gasteiger partial charge in [0.05, 0.1) is 6.04 Å². The van der Waals surface area contributed by atoms with Gasteiger partial charge in [0.25, 0.3) is 5.91 Å². The number of amides is 3. The number of anilines is 1. The minimum atomic E-state index is -0.621. The number of carbonyl (C=O) groups is 2. The van der Waals surface area contributed by atoms with E-state index in [1.165, 1.54) is 0 Å². The molecule has 1 aromatic carbocycles. The number of aromatic nitrogens is 1. The highest BCUT2D eigenvalue weighted by Gasteiger charge is 2.27. The lowest BCUT2D eigenvalue weighted by molar-refractivity contribution is 0.0644. The molecule has 1 aliphatic heterocycles. The standard InChI is InChI=1S/C16H18N4O2/c1-11-14-3-2-8-19(14)9-10-20(11)15(21)12-4-6-13(7-5-12)18-16(17)22/h2-8,11H,9-10H2,1H3,(H3,17,18,22)/t11-/m0/s1. The van der Waals surface area contributed by atoms with Crippen LogP contribution in [0.2, 0.25) is 0 Å². The van der Waals surface area contributed by atoms with Crippen LogP contribution in [0.3, 0.4) is 0 Å². The van der Waals surface area contributed by atoms with Gasteiger partial charge in [-0.3, -0.25) is 4.79 Å². The third kappa shape index (κ3) is 2.55. The average Bonchev–Trinajstić information content (AvgIpc) is 2.96. The number of rotatable bonds is 2. The van der Waals surface area contributed by atoms with E-state index in [1.807, 2.05) is 30.2 Å². The van der Waals surface area contributed by atoms with E-state index in [1.54, 1.807) is 24.3 Å². The summed E-state index contributed by atoms with van der Waals surface area (Å²) in [5.41, 5.74) is 7.38. The molecule has 6 nitrogen and oxygen atoms in total. The molecule has 1 atom stereocenters. The fourth-order valence-electron chi connectivity index (χ4n) is 2.86. The summed E-state index contributed by atoms with van der Waals surface area (Å²) in [5.74, 6) is -0.00873. The number of nitrogens with two attached hydrogens (primary N) is 1. The van der Waals surface area contributed by atoms with Gasteiger partial charge in [-0.2, -0.15) is 0 Å². The topological polar surface area (TPSA) is 80.4 Å². The van der Waals surface area contributed by atoms with Crippen molar-refractivity contribution in [1.82, 2.24) is 9.47 Å². The summed E-state index contributed by atoms with van der Waals surface area (Å²) in [6.45, 7) is 3.52. The zero-order valence-electron chi connectivity index (χ0n) is 12.3. The van der Waals surface area contributed by atoms with E-state index >= 15 is 0 Å². The Morgan fingerprint density at radius 2 is 1.91 bits per heavy atom. The normalized spacial score (nSPS) is 17.0. The molecule has 6 heteroatoms. The number of nitrogens with zero attached hydrogens (tertiary/aromatic N) is 2. The van der Waals surface area contributed by atoms with Crippen LogP contribution in [0.25, 0.3) is 0 Å². The Labute approximate surface area is 128 Å². The van der Waals surface area contributed by atoms with Gasteiger partial charge in [-0.1, -0.05) is 0 Å². The molecule has 0 fully saturated rings. The van der Waals surface area contributed by atoms with Gasteiger partial charge in [-0.05, 0) is 43.3 Å². The van der Waals surface area contributed by atoms with E-state index in [9.17, 15) is 9.59 Å². The first kappa shape index (κ1) is 14.2. The molecule has 1 aromatic heterocycles. The highest BCUT2D eigenvalue weighted by Crippen LogP contribution is 2.27. The van der Waals surface area contributed by atoms with Crippen molar-refractivity contribution in [3.05, 3.63) is 53.9 Å². The van der Waals surface area contributed by atoms with Crippen LogP contribution in [0.15, 0.2) is 42.6 Å². The van der Waals surface area contributed by atoms with Crippen molar-refractivity contribution < 1.29 is 9.59 Å². The van der Waals surface area contributed by atoms with Gasteiger partial charge in [0.1, 0.15) is 0 Å². The fourth-order valence-corrected chi connectivity index (χ4v) is 2.86. The maximum absolute atomic E-state index is 12.7. The maximum Gasteiger partial charge on any atom is 0.316 e. The van der Waals surface area contributed by atoms with E-state index in [4.69, 9.17) is 5.73 Å². The predicted molar refractivity (Wildman–Crippen MR) is 83.5 cm³/mol. The van der Waals surface area contributed by atoms with Crippen LogP contribution in [0.1, 0.15) is 29.0 Å². The van der Waals surface area contributed by atoms with Crippen molar-refractivity contribution >= 4 is 17.6 Å². The molecule has 0 unspecified atom stereocenters. The zero-order chi connectivity index (χ0) is 15.7. The minimum Gasteiger partial charge on any atom is -0.351 e. The molecule has 0 saturated heterocycles. The van der Waals surface area contributed by atoms with Crippen molar-refractivity contribution in [3.63, 3.8) is 0 Å². The Morgan fingerprint density at radius 3 is 2.59 bits per heavy atom. The molecule has 1 aliphatic rings. The first-order chi connectivity index (χ1) is 10.6. The predicted octanol–water partition coefficient (Wildman–Crippen LogP) is 2.20. The van der Waals surface area contributed by atoms with E-state index in [0.717, 1.165) is 12.2 Å². The number of primary amides is 1. The van der Waals surface area contributed by atoms with Crippen LogP contribution in [0, 0.1) is 0 Å². The Hall–Kier alpha value is -2.76. The van der Waals surface area contributed by atoms with Gasteiger partial charge in [-0.25, -0.2) is 4.79 Å². The molecule has 0 spiro atoms. The molecule has 2 heterocycles. The SMILES string of the molecule is C[C@H]1c2cccn2CCN1C(=O)c1ccc(NC(N)=O)cc1. The number of benzene rings is 1. The zero-order valence-corrected chi connectivity index (χ0v) is 12.3. The van der Waals surface area contributed by atoms with Crippen LogP contribution in [-0.2, 0) is 6.54 Å². The third-order valence-corrected chi connectivity index (χ3v) is 4.00. The average molecular weight is 298 g/mol. The third-order valence-electron chi connectivity index (χ3n) is 4.00. The van der Waals surface area contributed by atoms with Crippen LogP contribution >= 0.6 is 0 Å². The highest BCUT2D eigenvalue weighted by molar-refractivity contribution is 5.95. The summed E-state index contributed by atoms with van der Waals surface area (Å²) in [6.07, 6.45) is 2.04. The van der Waals surface area contributed by atoms with Gasteiger partial charge < -0.3 is 20.5 Å². The molecule has 0 radical (unpaired) electrons. The fraction of sp³-hybridized carbons (Fsp3) is 0.250. The smallest absolute Gasteiger partial charge is 0.316 e. The van der Waals surface area contributed by atoms with Gasteiger partial charge in [0, 0.05) is 36.2 Å². The molecule has 3 rings (SSSR count). The van der Waals surface area contributed by atoms with Crippen molar-refractivity contribution in [2.24, 2.45) is 5.73 Å². The lowest BCUT2D eigenvalue weighted by Gasteiger charge is -2.35. The molecule has 2 aromatic rings. The number of carbonyl (C=O) groups excluding carboxylic acids is 2. The lowest BCUT2D eigenvalue weighted by atomic mass is 10.1. The Balaban J connectivity index is 1.78. The molecule has 3 amide bonds. The van der Waals surface area contributed by atoms with E-state index in [0.29, 0.717) is 17.8 Å². The maximum atomic E-state index is 12.7. The number of hydrogen-bond donors (Lipinski definition) is 2. The summed E-state index contributed by atoms with van der Waals surface area (Å²) in [7, 11) is 0. The Bertz CT molecular complexity index is 705. The molecular weight excluding hydrogens is 280 g/mol. The minimum absolute atomic E-state index is 0.00873. The lowest BCUT2D eigenvalue weighted by Crippen LogP contribution is -2.40. The van der Waals surface area contributed by atoms with Gasteiger partial charge in [0.2, 0.25) is 0 Å². The van der Waals surface area contributed by atoms with Crippen LogP contribution in [0.4, 0.5) is 10.5 Å². The molecule has 22 heavy (non-hydrogen) atoms. The molecular formula is C16H18N4O2. The van der Waals surface area contributed by atoms with Gasteiger partial charge in [0.15, 0.2) is 0 Å². The molecule has 3 N–H and O–H groups in total. The van der Waals surface area contributed by atoms with Gasteiger partial charge >= 0.3 is 6.03 Å². The first-order valence-corrected chi connectivity index (χ1v) is 7.19. The molecule has 0 bridgehead atoms. The van der Waals surface area contributed by atoms with Crippen LogP contribution < -0.4 is 11.1 Å². The summed E-state index contributed by atoms with van der Waals surface area (Å²) in [5, 5.41) is 2.48. The molecule has 0 aliphatic carbocycles. The van der Waals surface area contributed by atoms with E-state index in [-0.39, 0.29) is 11.9 Å². The molecule has 114 valence electrons. The Kier molecular flexibility index (Phi) is 3.58. The summed E-state index contributed by atoms with van der Waals surface area (Å²) in [6, 6.07) is 10.2. The molecule has 0 saturated carbocycles. The quantitative estimate of drug-likeness (QED) is 0.891. The van der Waals surface area contributed by atoms with E-state index < -0.39 is 6.03 Å². The number of urea groups is 1. The van der Waals surface area contributed by atoms with Crippen molar-refractivity contribution in [1.29, 1.82) is 0 Å². The van der Waals surface area contributed by atoms with Crippen molar-refractivity contribution in [3.8, 4) is 0 Å².